The molecule has 1 atom stereocenters. The van der Waals surface area contributed by atoms with Crippen LogP contribution < -0.4 is 10.6 Å². The first-order chi connectivity index (χ1) is 11.6. The third kappa shape index (κ3) is 5.96. The number of guanidine groups is 1. The van der Waals surface area contributed by atoms with Crippen molar-refractivity contribution < 1.29 is 4.79 Å². The first-order valence-corrected chi connectivity index (χ1v) is 9.55. The topological polar surface area (TPSA) is 60.0 Å². The Morgan fingerprint density at radius 2 is 1.83 bits per heavy atom. The Morgan fingerprint density at radius 1 is 1.12 bits per heavy atom. The van der Waals surface area contributed by atoms with Gasteiger partial charge in [0.05, 0.1) is 0 Å². The highest BCUT2D eigenvalue weighted by molar-refractivity contribution is 5.80. The average Bonchev–Trinajstić information content (AvgIpc) is 3.03. The zero-order valence-corrected chi connectivity index (χ0v) is 15.7. The molecule has 0 radical (unpaired) electrons. The molecule has 2 rings (SSSR count). The number of nitrogens with one attached hydrogen (secondary N) is 2. The first kappa shape index (κ1) is 19.0. The van der Waals surface area contributed by atoms with Crippen molar-refractivity contribution in [3.05, 3.63) is 0 Å². The smallest absolute Gasteiger partial charge is 0.222 e. The van der Waals surface area contributed by atoms with Crippen molar-refractivity contribution >= 4 is 11.9 Å². The Kier molecular flexibility index (Phi) is 7.82. The SMILES string of the molecule is CN=C(NCCNC(=O)C(C)C)N1CCC(CN2CCCCC2)C1. The lowest BCUT2D eigenvalue weighted by Crippen LogP contribution is -2.44. The normalized spacial score (nSPS) is 22.9. The summed E-state index contributed by atoms with van der Waals surface area (Å²) in [5.74, 6) is 1.87. The van der Waals surface area contributed by atoms with Crippen LogP contribution in [-0.2, 0) is 4.79 Å². The minimum absolute atomic E-state index is 0.0402. The van der Waals surface area contributed by atoms with Crippen molar-refractivity contribution in [3.8, 4) is 0 Å². The highest BCUT2D eigenvalue weighted by Crippen LogP contribution is 2.19. The zero-order valence-electron chi connectivity index (χ0n) is 15.7. The Morgan fingerprint density at radius 3 is 2.50 bits per heavy atom. The van der Waals surface area contributed by atoms with Gasteiger partial charge in [0.1, 0.15) is 0 Å². The van der Waals surface area contributed by atoms with Gasteiger partial charge in [-0.1, -0.05) is 20.3 Å². The van der Waals surface area contributed by atoms with E-state index in [1.54, 1.807) is 0 Å². The summed E-state index contributed by atoms with van der Waals surface area (Å²) in [5, 5.41) is 6.31. The van der Waals surface area contributed by atoms with E-state index < -0.39 is 0 Å². The van der Waals surface area contributed by atoms with Gasteiger partial charge in [-0.25, -0.2) is 0 Å². The van der Waals surface area contributed by atoms with E-state index in [1.807, 2.05) is 20.9 Å². The maximum absolute atomic E-state index is 11.6. The van der Waals surface area contributed by atoms with E-state index in [2.05, 4.69) is 25.4 Å². The van der Waals surface area contributed by atoms with Gasteiger partial charge in [-0.2, -0.15) is 0 Å². The van der Waals surface area contributed by atoms with Crippen LogP contribution in [0, 0.1) is 11.8 Å². The summed E-state index contributed by atoms with van der Waals surface area (Å²) in [6.45, 7) is 11.1. The number of piperidine rings is 1. The molecule has 2 fully saturated rings. The molecule has 138 valence electrons. The van der Waals surface area contributed by atoms with Crippen molar-refractivity contribution in [2.45, 2.75) is 39.5 Å². The van der Waals surface area contributed by atoms with Gasteiger partial charge in [0.25, 0.3) is 0 Å². The van der Waals surface area contributed by atoms with Gasteiger partial charge in [0.2, 0.25) is 5.91 Å². The monoisotopic (exact) mass is 337 g/mol. The van der Waals surface area contributed by atoms with Gasteiger partial charge < -0.3 is 20.4 Å². The lowest BCUT2D eigenvalue weighted by molar-refractivity contribution is -0.123. The van der Waals surface area contributed by atoms with Gasteiger partial charge in [-0.15, -0.1) is 0 Å². The second-order valence-electron chi connectivity index (χ2n) is 7.38. The molecule has 1 unspecified atom stereocenters. The molecule has 0 aromatic heterocycles. The third-order valence-electron chi connectivity index (χ3n) is 4.99. The Balaban J connectivity index is 1.67. The van der Waals surface area contributed by atoms with Crippen molar-refractivity contribution in [2.75, 3.05) is 52.9 Å². The summed E-state index contributed by atoms with van der Waals surface area (Å²) < 4.78 is 0. The zero-order chi connectivity index (χ0) is 17.4. The summed E-state index contributed by atoms with van der Waals surface area (Å²) in [4.78, 5) is 21.0. The number of hydrogen-bond donors (Lipinski definition) is 2. The van der Waals surface area contributed by atoms with Gasteiger partial charge >= 0.3 is 0 Å². The molecule has 6 heteroatoms. The first-order valence-electron chi connectivity index (χ1n) is 9.55. The predicted molar refractivity (Wildman–Crippen MR) is 99.2 cm³/mol. The molecule has 0 aromatic carbocycles. The standard InChI is InChI=1S/C18H35N5O/c1-15(2)17(24)20-8-9-21-18(19-3)23-12-7-16(14-23)13-22-10-5-4-6-11-22/h15-16H,4-14H2,1-3H3,(H,19,21)(H,20,24). The minimum Gasteiger partial charge on any atom is -0.354 e. The van der Waals surface area contributed by atoms with Crippen LogP contribution in [0.5, 0.6) is 0 Å². The molecule has 2 heterocycles. The minimum atomic E-state index is 0.0402. The van der Waals surface area contributed by atoms with Crippen LogP contribution >= 0.6 is 0 Å². The van der Waals surface area contributed by atoms with E-state index in [0.29, 0.717) is 6.54 Å². The fourth-order valence-electron chi connectivity index (χ4n) is 3.58. The lowest BCUT2D eigenvalue weighted by atomic mass is 10.1. The van der Waals surface area contributed by atoms with Crippen molar-refractivity contribution in [1.29, 1.82) is 0 Å². The van der Waals surface area contributed by atoms with Gasteiger partial charge in [0.15, 0.2) is 5.96 Å². The lowest BCUT2D eigenvalue weighted by Gasteiger charge is -2.29. The number of nitrogens with zero attached hydrogens (tertiary/aromatic N) is 3. The molecule has 0 saturated carbocycles. The molecule has 0 bridgehead atoms. The molecule has 6 nitrogen and oxygen atoms in total. The fourth-order valence-corrected chi connectivity index (χ4v) is 3.58. The van der Waals surface area contributed by atoms with E-state index in [1.165, 1.54) is 45.3 Å². The molecule has 0 spiro atoms. The Bertz CT molecular complexity index is 418. The van der Waals surface area contributed by atoms with Gasteiger partial charge in [0, 0.05) is 45.7 Å². The number of amides is 1. The molecular weight excluding hydrogens is 302 g/mol. The summed E-state index contributed by atoms with van der Waals surface area (Å²) in [7, 11) is 1.84. The highest BCUT2D eigenvalue weighted by Gasteiger charge is 2.26. The number of hydrogen-bond acceptors (Lipinski definition) is 3. The maximum atomic E-state index is 11.6. The average molecular weight is 338 g/mol. The maximum Gasteiger partial charge on any atom is 0.222 e. The number of carbonyl (C=O) groups is 1. The summed E-state index contributed by atoms with van der Waals surface area (Å²) in [5.41, 5.74) is 0. The molecule has 24 heavy (non-hydrogen) atoms. The van der Waals surface area contributed by atoms with E-state index in [4.69, 9.17) is 0 Å². The predicted octanol–water partition coefficient (Wildman–Crippen LogP) is 1.14. The van der Waals surface area contributed by atoms with Crippen LogP contribution in [0.3, 0.4) is 0 Å². The summed E-state index contributed by atoms with van der Waals surface area (Å²) >= 11 is 0. The number of carbonyl (C=O) groups excluding carboxylic acids is 1. The molecule has 0 aliphatic carbocycles. The van der Waals surface area contributed by atoms with Crippen molar-refractivity contribution in [2.24, 2.45) is 16.8 Å². The molecular formula is C18H35N5O. The van der Waals surface area contributed by atoms with Crippen LogP contribution in [0.25, 0.3) is 0 Å². The molecule has 0 aromatic rings. The van der Waals surface area contributed by atoms with E-state index >= 15 is 0 Å². The second-order valence-corrected chi connectivity index (χ2v) is 7.38. The van der Waals surface area contributed by atoms with E-state index in [0.717, 1.165) is 31.5 Å². The number of aliphatic imine (C=N–C) groups is 1. The fraction of sp³-hybridized carbons (Fsp3) is 0.889. The second kappa shape index (κ2) is 9.87. The van der Waals surface area contributed by atoms with Crippen LogP contribution in [-0.4, -0.2) is 74.5 Å². The van der Waals surface area contributed by atoms with Crippen LogP contribution in [0.15, 0.2) is 4.99 Å². The van der Waals surface area contributed by atoms with E-state index in [9.17, 15) is 4.79 Å². The molecule has 2 N–H and O–H groups in total. The summed E-state index contributed by atoms with van der Waals surface area (Å²) in [6.07, 6.45) is 5.38. The Hall–Kier alpha value is -1.30. The highest BCUT2D eigenvalue weighted by atomic mass is 16.1. The number of rotatable bonds is 6. The van der Waals surface area contributed by atoms with Gasteiger partial charge in [-0.3, -0.25) is 9.79 Å². The van der Waals surface area contributed by atoms with Crippen LogP contribution in [0.1, 0.15) is 39.5 Å². The molecule has 2 saturated heterocycles. The number of likely N-dealkylation sites (tertiary alicyclic amines) is 2. The van der Waals surface area contributed by atoms with Crippen molar-refractivity contribution in [3.63, 3.8) is 0 Å². The molecule has 1 amide bonds. The van der Waals surface area contributed by atoms with Crippen LogP contribution in [0.4, 0.5) is 0 Å². The largest absolute Gasteiger partial charge is 0.354 e. The third-order valence-corrected chi connectivity index (χ3v) is 4.99. The van der Waals surface area contributed by atoms with Gasteiger partial charge in [-0.05, 0) is 38.3 Å². The summed E-state index contributed by atoms with van der Waals surface area (Å²) in [6, 6.07) is 0. The molecule has 2 aliphatic heterocycles. The Labute approximate surface area is 147 Å². The van der Waals surface area contributed by atoms with Crippen molar-refractivity contribution in [1.82, 2.24) is 20.4 Å². The van der Waals surface area contributed by atoms with E-state index in [-0.39, 0.29) is 11.8 Å². The molecule has 2 aliphatic rings. The van der Waals surface area contributed by atoms with Crippen LogP contribution in [0.2, 0.25) is 0 Å². The quantitative estimate of drug-likeness (QED) is 0.433.